The van der Waals surface area contributed by atoms with Gasteiger partial charge >= 0.3 is 23.3 Å². The van der Waals surface area contributed by atoms with Gasteiger partial charge in [-0.15, -0.1) is 15.0 Å². The van der Waals surface area contributed by atoms with Crippen LogP contribution in [0.2, 0.25) is 0 Å². The van der Waals surface area contributed by atoms with Gasteiger partial charge < -0.3 is 0 Å². The van der Waals surface area contributed by atoms with E-state index in [-0.39, 0.29) is 0 Å². The fraction of sp³-hybridized carbons (Fsp3) is 0. The summed E-state index contributed by atoms with van der Waals surface area (Å²) in [4.78, 5) is 18.7. The van der Waals surface area contributed by atoms with Crippen molar-refractivity contribution in [3.8, 4) is 0 Å². The van der Waals surface area contributed by atoms with Crippen LogP contribution < -0.4 is 0 Å². The molecular weight excluding hydrogens is 220 g/mol. The van der Waals surface area contributed by atoms with Crippen LogP contribution in [-0.4, -0.2) is 21.9 Å². The first-order valence-electron chi connectivity index (χ1n) is 1.91. The minimum Gasteiger partial charge on any atom is -0.183 e. The summed E-state index contributed by atoms with van der Waals surface area (Å²) in [5.41, 5.74) is 0. The molecule has 0 saturated carbocycles. The molecule has 0 amide bonds. The Labute approximate surface area is 64.8 Å². The molecule has 0 aromatic heterocycles. The predicted molar refractivity (Wildman–Crippen MR) is 31.7 cm³/mol. The Hall–Kier alpha value is -1.30. The third kappa shape index (κ3) is 2.09. The normalized spacial score (nSPS) is 12.0. The van der Waals surface area contributed by atoms with Gasteiger partial charge in [-0.25, -0.2) is 0 Å². The van der Waals surface area contributed by atoms with Crippen LogP contribution in [0.5, 0.6) is 0 Å². The van der Waals surface area contributed by atoms with Gasteiger partial charge in [-0.05, 0) is 0 Å². The second-order valence-corrected chi connectivity index (χ2v) is 5.67. The molecule has 0 heterocycles. The molecule has 0 rings (SSSR count). The van der Waals surface area contributed by atoms with Crippen LogP contribution in [0.1, 0.15) is 0 Å². The van der Waals surface area contributed by atoms with E-state index in [2.05, 4.69) is 4.28 Å². The number of rotatable bonds is 4. The molecule has 12 heavy (non-hydrogen) atoms. The van der Waals surface area contributed by atoms with Crippen LogP contribution in [0.4, 0.5) is 0 Å². The first kappa shape index (κ1) is 10.7. The van der Waals surface area contributed by atoms with Crippen molar-refractivity contribution in [2.45, 2.75) is 0 Å². The lowest BCUT2D eigenvalue weighted by Crippen LogP contribution is -2.18. The van der Waals surface area contributed by atoms with Crippen LogP contribution in [0.25, 0.3) is 0 Å². The van der Waals surface area contributed by atoms with Crippen LogP contribution >= 0.6 is 0 Å². The lowest BCUT2D eigenvalue weighted by molar-refractivity contribution is -0.710. The highest BCUT2D eigenvalue weighted by molar-refractivity contribution is 8.64. The summed E-state index contributed by atoms with van der Waals surface area (Å²) in [6.45, 7) is 0. The molecule has 0 aromatic rings. The zero-order valence-corrected chi connectivity index (χ0v) is 6.61. The summed E-state index contributed by atoms with van der Waals surface area (Å²) < 4.78 is 44.3. The smallest absolute Gasteiger partial charge is 0.183 e. The molecule has 0 fully saturated rings. The molecule has 12 heteroatoms. The summed E-state index contributed by atoms with van der Waals surface area (Å²) in [5, 5.41) is 7.48. The second kappa shape index (κ2) is 2.98. The van der Waals surface area contributed by atoms with Crippen molar-refractivity contribution in [2.75, 3.05) is 0 Å². The minimum atomic E-state index is -5.62. The van der Waals surface area contributed by atoms with E-state index in [9.17, 15) is 31.9 Å². The molecule has 0 spiro atoms. The fourth-order valence-electron chi connectivity index (χ4n) is 0.150. The molecule has 0 atom stereocenters. The van der Waals surface area contributed by atoms with E-state index in [4.69, 9.17) is 0 Å². The Kier molecular flexibility index (Phi) is 2.66. The molecule has 70 valence electrons. The van der Waals surface area contributed by atoms with Crippen LogP contribution in [0, 0.1) is 15.0 Å². The molecule has 0 bridgehead atoms. The van der Waals surface area contributed by atoms with Gasteiger partial charge in [0.25, 0.3) is 0 Å². The number of nitroso groups, excluding NO2 is 1. The van der Waals surface area contributed by atoms with E-state index in [1.54, 1.807) is 0 Å². The van der Waals surface area contributed by atoms with Gasteiger partial charge in [0.15, 0.2) is 0 Å². The second-order valence-electron chi connectivity index (χ2n) is 1.21. The van der Waals surface area contributed by atoms with Crippen molar-refractivity contribution in [3.63, 3.8) is 0 Å². The maximum Gasteiger partial charge on any atom is 0.432 e. The molecule has 0 N–H and O–H groups in total. The summed E-state index contributed by atoms with van der Waals surface area (Å²) in [5.74, 6) is 0. The summed E-state index contributed by atoms with van der Waals surface area (Å²) in [6, 6.07) is 0. The molecule has 0 aliphatic carbocycles. The monoisotopic (exact) mass is 220 g/mol. The number of hydrogen-bond donors (Lipinski definition) is 0. The summed E-state index contributed by atoms with van der Waals surface area (Å²) in [6.07, 6.45) is 0. The lowest BCUT2D eigenvalue weighted by atomic mass is 13.1. The zero-order valence-electron chi connectivity index (χ0n) is 4.98. The Bertz CT molecular complexity index is 383. The van der Waals surface area contributed by atoms with Crippen LogP contribution in [0.15, 0.2) is 4.58 Å². The lowest BCUT2D eigenvalue weighted by Gasteiger charge is -1.93. The van der Waals surface area contributed by atoms with Gasteiger partial charge in [0.2, 0.25) is 0 Å². The van der Waals surface area contributed by atoms with Crippen molar-refractivity contribution in [1.82, 2.24) is 0 Å². The molecule has 10 nitrogen and oxygen atoms in total. The minimum absolute atomic E-state index is 1.15. The fourth-order valence-corrected chi connectivity index (χ4v) is 1.05. The van der Waals surface area contributed by atoms with Crippen LogP contribution in [0.3, 0.4) is 0 Å². The largest absolute Gasteiger partial charge is 0.432 e. The quantitative estimate of drug-likeness (QED) is 0.241. The van der Waals surface area contributed by atoms with Crippen molar-refractivity contribution < 1.29 is 26.2 Å². The third-order valence-corrected chi connectivity index (χ3v) is 3.42. The SMILES string of the molecule is O=NS(=O)(=O)S(=O)(=O)O[N+](=O)[O-]. The Morgan fingerprint density at radius 3 is 1.92 bits per heavy atom. The molecule has 0 aliphatic heterocycles. The zero-order chi connectivity index (χ0) is 9.99. The van der Waals surface area contributed by atoms with E-state index < -0.39 is 23.3 Å². The van der Waals surface area contributed by atoms with E-state index in [0.29, 0.717) is 0 Å². The van der Waals surface area contributed by atoms with Gasteiger partial charge in [-0.2, -0.15) is 21.1 Å². The molecule has 0 unspecified atom stereocenters. The Balaban J connectivity index is 5.17. The summed E-state index contributed by atoms with van der Waals surface area (Å²) >= 11 is 0. The summed E-state index contributed by atoms with van der Waals surface area (Å²) in [7, 11) is -11.1. The molecule has 0 aliphatic rings. The Morgan fingerprint density at radius 1 is 1.25 bits per heavy atom. The van der Waals surface area contributed by atoms with Crippen molar-refractivity contribution in [1.29, 1.82) is 0 Å². The highest BCUT2D eigenvalue weighted by atomic mass is 33.2. The third-order valence-electron chi connectivity index (χ3n) is 0.501. The maximum absolute atomic E-state index is 10.1. The first-order chi connectivity index (χ1) is 5.23. The van der Waals surface area contributed by atoms with Gasteiger partial charge in [-0.3, -0.25) is 0 Å². The van der Waals surface area contributed by atoms with Gasteiger partial charge in [0.05, 0.1) is 4.58 Å². The average molecular weight is 220 g/mol. The van der Waals surface area contributed by atoms with E-state index in [0.717, 1.165) is 4.58 Å². The van der Waals surface area contributed by atoms with Gasteiger partial charge in [0, 0.05) is 0 Å². The van der Waals surface area contributed by atoms with Crippen LogP contribution in [-0.2, 0) is 22.5 Å². The number of nitrogens with zero attached hydrogens (tertiary/aromatic N) is 2. The maximum atomic E-state index is 10.1. The van der Waals surface area contributed by atoms with Crippen molar-refractivity contribution >= 4 is 18.2 Å². The standard InChI is InChI=1S/N2O8S2/c3-1-11(6,7)12(8,9)10-2(4)5. The van der Waals surface area contributed by atoms with Crippen molar-refractivity contribution in [3.05, 3.63) is 15.0 Å². The van der Waals surface area contributed by atoms with Crippen molar-refractivity contribution in [2.24, 2.45) is 4.58 Å². The molecule has 0 aromatic carbocycles. The highest BCUT2D eigenvalue weighted by Crippen LogP contribution is 2.06. The Morgan fingerprint density at radius 2 is 1.67 bits per heavy atom. The molecule has 0 radical (unpaired) electrons. The van der Waals surface area contributed by atoms with Gasteiger partial charge in [-0.1, -0.05) is 0 Å². The van der Waals surface area contributed by atoms with Gasteiger partial charge in [0.1, 0.15) is 0 Å². The average Bonchev–Trinajstić information content (AvgIpc) is 1.84. The molecule has 0 saturated heterocycles. The number of hydrogen-bond acceptors (Lipinski definition) is 8. The van der Waals surface area contributed by atoms with E-state index in [1.165, 1.54) is 0 Å². The molecular formula is N2O8S2. The van der Waals surface area contributed by atoms with E-state index in [1.807, 2.05) is 0 Å². The predicted octanol–water partition coefficient (Wildman–Crippen LogP) is -1.46. The first-order valence-corrected chi connectivity index (χ1v) is 5.28. The topological polar surface area (TPSA) is 150 Å². The highest BCUT2D eigenvalue weighted by Gasteiger charge is 2.35. The van der Waals surface area contributed by atoms with E-state index >= 15 is 0 Å².